The van der Waals surface area contributed by atoms with E-state index in [1.54, 1.807) is 0 Å². The van der Waals surface area contributed by atoms with Gasteiger partial charge in [0.15, 0.2) is 0 Å². The molecule has 0 spiro atoms. The molecule has 0 amide bonds. The van der Waals surface area contributed by atoms with Crippen molar-refractivity contribution in [2.24, 2.45) is 11.1 Å². The maximum Gasteiger partial charge on any atom is 0.0224 e. The number of hydrogen-bond acceptors (Lipinski definition) is 3. The molecule has 0 aromatic rings. The molecule has 3 heteroatoms. The maximum absolute atomic E-state index is 5.82. The molecule has 2 atom stereocenters. The average molecular weight is 239 g/mol. The van der Waals surface area contributed by atoms with Crippen LogP contribution in [0.1, 0.15) is 40.0 Å². The lowest BCUT2D eigenvalue weighted by Crippen LogP contribution is -2.55. The smallest absolute Gasteiger partial charge is 0.0224 e. The van der Waals surface area contributed by atoms with Crippen LogP contribution in [0.2, 0.25) is 0 Å². The Bertz CT molecular complexity index is 252. The highest BCUT2D eigenvalue weighted by Crippen LogP contribution is 2.26. The van der Waals surface area contributed by atoms with Crippen LogP contribution in [-0.4, -0.2) is 54.6 Å². The van der Waals surface area contributed by atoms with Crippen molar-refractivity contribution in [3.05, 3.63) is 0 Å². The number of nitrogens with zero attached hydrogens (tertiary/aromatic N) is 2. The number of nitrogens with two attached hydrogens (primary N) is 1. The first-order valence-electron chi connectivity index (χ1n) is 7.20. The first-order valence-corrected chi connectivity index (χ1v) is 7.20. The van der Waals surface area contributed by atoms with E-state index in [4.69, 9.17) is 5.73 Å². The summed E-state index contributed by atoms with van der Waals surface area (Å²) in [6.07, 6.45) is 4.03. The standard InChI is InChI=1S/C14H29N3/c1-12-9-17-7-4-5-13(17)10-16(12)8-6-14(2,3)11-15/h12-13H,4-11,15H2,1-3H3. The second-order valence-electron chi connectivity index (χ2n) is 6.75. The molecule has 2 fully saturated rings. The van der Waals surface area contributed by atoms with E-state index in [0.717, 1.165) is 18.6 Å². The third kappa shape index (κ3) is 3.21. The Kier molecular flexibility index (Phi) is 4.11. The fraction of sp³-hybridized carbons (Fsp3) is 1.00. The molecule has 17 heavy (non-hydrogen) atoms. The van der Waals surface area contributed by atoms with Crippen molar-refractivity contribution in [2.45, 2.75) is 52.1 Å². The van der Waals surface area contributed by atoms with E-state index in [9.17, 15) is 0 Å². The highest BCUT2D eigenvalue weighted by molar-refractivity contribution is 4.91. The van der Waals surface area contributed by atoms with E-state index in [1.807, 2.05) is 0 Å². The van der Waals surface area contributed by atoms with Crippen molar-refractivity contribution in [3.63, 3.8) is 0 Å². The quantitative estimate of drug-likeness (QED) is 0.807. The van der Waals surface area contributed by atoms with Gasteiger partial charge in [-0.2, -0.15) is 0 Å². The van der Waals surface area contributed by atoms with Gasteiger partial charge in [0, 0.05) is 25.2 Å². The minimum Gasteiger partial charge on any atom is -0.330 e. The number of rotatable bonds is 4. The summed E-state index contributed by atoms with van der Waals surface area (Å²) < 4.78 is 0. The summed E-state index contributed by atoms with van der Waals surface area (Å²) in [4.78, 5) is 5.37. The molecule has 2 unspecified atom stereocenters. The van der Waals surface area contributed by atoms with Gasteiger partial charge in [0.25, 0.3) is 0 Å². The van der Waals surface area contributed by atoms with E-state index >= 15 is 0 Å². The first kappa shape index (κ1) is 13.3. The van der Waals surface area contributed by atoms with Crippen molar-refractivity contribution in [3.8, 4) is 0 Å². The van der Waals surface area contributed by atoms with Gasteiger partial charge in [-0.15, -0.1) is 0 Å². The number of fused-ring (bicyclic) bond motifs is 1. The number of hydrogen-bond donors (Lipinski definition) is 1. The fourth-order valence-electron chi connectivity index (χ4n) is 3.11. The van der Waals surface area contributed by atoms with E-state index in [0.29, 0.717) is 5.41 Å². The summed E-state index contributed by atoms with van der Waals surface area (Å²) in [5.41, 5.74) is 6.11. The van der Waals surface area contributed by atoms with Crippen LogP contribution >= 0.6 is 0 Å². The summed E-state index contributed by atoms with van der Waals surface area (Å²) in [7, 11) is 0. The molecule has 0 radical (unpaired) electrons. The molecule has 100 valence electrons. The van der Waals surface area contributed by atoms with Crippen molar-refractivity contribution in [1.29, 1.82) is 0 Å². The normalized spacial score (nSPS) is 31.8. The monoisotopic (exact) mass is 239 g/mol. The molecule has 2 heterocycles. The summed E-state index contributed by atoms with van der Waals surface area (Å²) in [5.74, 6) is 0. The Morgan fingerprint density at radius 3 is 2.76 bits per heavy atom. The predicted molar refractivity (Wildman–Crippen MR) is 73.1 cm³/mol. The van der Waals surface area contributed by atoms with E-state index in [2.05, 4.69) is 30.6 Å². The Hall–Kier alpha value is -0.120. The van der Waals surface area contributed by atoms with Crippen LogP contribution < -0.4 is 5.73 Å². The van der Waals surface area contributed by atoms with Gasteiger partial charge in [-0.05, 0) is 51.2 Å². The summed E-state index contributed by atoms with van der Waals surface area (Å²) in [6, 6.07) is 1.56. The fourth-order valence-corrected chi connectivity index (χ4v) is 3.11. The first-order chi connectivity index (χ1) is 8.02. The van der Waals surface area contributed by atoms with E-state index < -0.39 is 0 Å². The van der Waals surface area contributed by atoms with Gasteiger partial charge >= 0.3 is 0 Å². The van der Waals surface area contributed by atoms with Gasteiger partial charge in [0.2, 0.25) is 0 Å². The highest BCUT2D eigenvalue weighted by atomic mass is 15.3. The lowest BCUT2D eigenvalue weighted by atomic mass is 9.89. The molecule has 0 aromatic carbocycles. The lowest BCUT2D eigenvalue weighted by molar-refractivity contribution is 0.0514. The molecule has 2 N–H and O–H groups in total. The summed E-state index contributed by atoms with van der Waals surface area (Å²) >= 11 is 0. The Morgan fingerprint density at radius 2 is 2.06 bits per heavy atom. The molecule has 0 bridgehead atoms. The molecular formula is C14H29N3. The molecule has 2 saturated heterocycles. The molecule has 2 rings (SSSR count). The van der Waals surface area contributed by atoms with Crippen molar-refractivity contribution < 1.29 is 0 Å². The van der Waals surface area contributed by atoms with Crippen LogP contribution in [-0.2, 0) is 0 Å². The van der Waals surface area contributed by atoms with Crippen molar-refractivity contribution >= 4 is 0 Å². The van der Waals surface area contributed by atoms with Crippen LogP contribution in [0.15, 0.2) is 0 Å². The van der Waals surface area contributed by atoms with E-state index in [1.165, 1.54) is 45.4 Å². The predicted octanol–water partition coefficient (Wildman–Crippen LogP) is 1.53. The summed E-state index contributed by atoms with van der Waals surface area (Å²) in [5, 5.41) is 0. The minimum atomic E-state index is 0.298. The number of piperazine rings is 1. The van der Waals surface area contributed by atoms with Gasteiger partial charge in [-0.3, -0.25) is 9.80 Å². The van der Waals surface area contributed by atoms with Gasteiger partial charge < -0.3 is 5.73 Å². The minimum absolute atomic E-state index is 0.298. The van der Waals surface area contributed by atoms with Gasteiger partial charge in [-0.1, -0.05) is 13.8 Å². The van der Waals surface area contributed by atoms with Crippen LogP contribution in [0.5, 0.6) is 0 Å². The van der Waals surface area contributed by atoms with E-state index in [-0.39, 0.29) is 0 Å². The van der Waals surface area contributed by atoms with Crippen molar-refractivity contribution in [1.82, 2.24) is 9.80 Å². The Labute approximate surface area is 106 Å². The summed E-state index contributed by atoms with van der Waals surface area (Å²) in [6.45, 7) is 12.8. The third-order valence-corrected chi connectivity index (χ3v) is 4.69. The molecule has 0 saturated carbocycles. The molecule has 0 aliphatic carbocycles. The molecular weight excluding hydrogens is 210 g/mol. The van der Waals surface area contributed by atoms with Crippen LogP contribution in [0.4, 0.5) is 0 Å². The Balaban J connectivity index is 1.84. The van der Waals surface area contributed by atoms with Gasteiger partial charge in [-0.25, -0.2) is 0 Å². The molecule has 2 aliphatic rings. The topological polar surface area (TPSA) is 32.5 Å². The van der Waals surface area contributed by atoms with Crippen LogP contribution in [0.25, 0.3) is 0 Å². The molecule has 3 nitrogen and oxygen atoms in total. The zero-order chi connectivity index (χ0) is 12.5. The lowest BCUT2D eigenvalue weighted by Gasteiger charge is -2.43. The van der Waals surface area contributed by atoms with Gasteiger partial charge in [0.1, 0.15) is 0 Å². The van der Waals surface area contributed by atoms with Crippen LogP contribution in [0.3, 0.4) is 0 Å². The third-order valence-electron chi connectivity index (χ3n) is 4.69. The maximum atomic E-state index is 5.82. The second kappa shape index (κ2) is 5.25. The van der Waals surface area contributed by atoms with Gasteiger partial charge in [0.05, 0.1) is 0 Å². The SMILES string of the molecule is CC1CN2CCCC2CN1CCC(C)(C)CN. The average Bonchev–Trinajstić information content (AvgIpc) is 2.73. The second-order valence-corrected chi connectivity index (χ2v) is 6.75. The van der Waals surface area contributed by atoms with Crippen LogP contribution in [0, 0.1) is 5.41 Å². The zero-order valence-corrected chi connectivity index (χ0v) is 11.8. The molecule has 2 aliphatic heterocycles. The zero-order valence-electron chi connectivity index (χ0n) is 11.8. The Morgan fingerprint density at radius 1 is 1.29 bits per heavy atom. The molecule has 0 aromatic heterocycles. The highest BCUT2D eigenvalue weighted by Gasteiger charge is 2.34. The largest absolute Gasteiger partial charge is 0.330 e. The van der Waals surface area contributed by atoms with Crippen molar-refractivity contribution in [2.75, 3.05) is 32.7 Å².